The van der Waals surface area contributed by atoms with Crippen LogP contribution in [0.1, 0.15) is 18.1 Å². The summed E-state index contributed by atoms with van der Waals surface area (Å²) >= 11 is 6.07. The molecule has 2 nitrogen and oxygen atoms in total. The second kappa shape index (κ2) is 6.83. The van der Waals surface area contributed by atoms with E-state index in [0.717, 1.165) is 16.8 Å². The van der Waals surface area contributed by atoms with E-state index in [1.165, 1.54) is 0 Å². The lowest BCUT2D eigenvalue weighted by atomic mass is 10.1. The Morgan fingerprint density at radius 2 is 1.35 bits per heavy atom. The average Bonchev–Trinajstić information content (AvgIpc) is 2.49. The molecule has 0 aliphatic rings. The monoisotopic (exact) mass is 282 g/mol. The minimum atomic E-state index is 0.181. The molecule has 0 aliphatic heterocycles. The fourth-order valence-electron chi connectivity index (χ4n) is 1.71. The first kappa shape index (κ1) is 14.2. The number of benzene rings is 2. The zero-order valence-electron chi connectivity index (χ0n) is 11.3. The summed E-state index contributed by atoms with van der Waals surface area (Å²) in [5, 5.41) is 0.181. The van der Waals surface area contributed by atoms with Crippen LogP contribution in [0.2, 0.25) is 0 Å². The topological polar surface area (TPSA) is 24.7 Å². The van der Waals surface area contributed by atoms with Crippen molar-refractivity contribution in [2.45, 2.75) is 6.92 Å². The molecule has 0 aliphatic carbocycles. The van der Waals surface area contributed by atoms with Gasteiger partial charge in [-0.2, -0.15) is 0 Å². The van der Waals surface area contributed by atoms with Gasteiger partial charge in [0.15, 0.2) is 0 Å². The highest BCUT2D eigenvalue weighted by molar-refractivity contribution is 6.66. The number of nitrogens with zero attached hydrogens (tertiary/aromatic N) is 2. The van der Waals surface area contributed by atoms with Gasteiger partial charge in [0.25, 0.3) is 0 Å². The number of hydrogen-bond acceptors (Lipinski definition) is 1. The lowest BCUT2D eigenvalue weighted by Crippen LogP contribution is -1.97. The molecule has 0 radical (unpaired) electrons. The fraction of sp³-hybridized carbons (Fsp3) is 0.0588. The highest BCUT2D eigenvalue weighted by Crippen LogP contribution is 2.14. The highest BCUT2D eigenvalue weighted by Gasteiger charge is 2.00. The van der Waals surface area contributed by atoms with Crippen LogP contribution in [-0.4, -0.2) is 11.0 Å². The molecule has 0 heterocycles. The Morgan fingerprint density at radius 3 is 1.90 bits per heavy atom. The predicted octanol–water partition coefficient (Wildman–Crippen LogP) is 4.76. The van der Waals surface area contributed by atoms with Crippen LogP contribution in [0, 0.1) is 0 Å². The Morgan fingerprint density at radius 1 is 0.850 bits per heavy atom. The normalized spacial score (nSPS) is 12.3. The molecule has 0 atom stereocenters. The van der Waals surface area contributed by atoms with Crippen molar-refractivity contribution in [1.29, 1.82) is 0 Å². The number of hydrogen-bond donors (Lipinski definition) is 0. The standard InChI is InChI=1S/C17H15ClN2/c1-13(15-9-5-3-6-10-15)19-17(18)20-14(2)16-11-7-4-8-12-16/h3-12H,1H2,2H3. The second-order valence-electron chi connectivity index (χ2n) is 4.26. The Kier molecular flexibility index (Phi) is 4.85. The molecule has 2 aromatic carbocycles. The highest BCUT2D eigenvalue weighted by atomic mass is 35.5. The van der Waals surface area contributed by atoms with E-state index in [1.807, 2.05) is 67.6 Å². The first-order valence-corrected chi connectivity index (χ1v) is 6.64. The molecular weight excluding hydrogens is 268 g/mol. The summed E-state index contributed by atoms with van der Waals surface area (Å²) < 4.78 is 0. The van der Waals surface area contributed by atoms with Gasteiger partial charge in [-0.15, -0.1) is 0 Å². The average molecular weight is 283 g/mol. The van der Waals surface area contributed by atoms with Crippen LogP contribution < -0.4 is 0 Å². The van der Waals surface area contributed by atoms with Crippen LogP contribution in [0.15, 0.2) is 77.2 Å². The first-order chi connectivity index (χ1) is 9.66. The molecule has 0 bridgehead atoms. The van der Waals surface area contributed by atoms with Crippen LogP contribution in [0.4, 0.5) is 0 Å². The van der Waals surface area contributed by atoms with E-state index < -0.39 is 0 Å². The molecule has 3 heteroatoms. The van der Waals surface area contributed by atoms with Crippen molar-refractivity contribution in [3.8, 4) is 0 Å². The van der Waals surface area contributed by atoms with Gasteiger partial charge in [0.2, 0.25) is 5.29 Å². The maximum Gasteiger partial charge on any atom is 0.223 e. The third-order valence-corrected chi connectivity index (χ3v) is 2.95. The largest absolute Gasteiger partial charge is 0.223 e. The Bertz CT molecular complexity index is 643. The first-order valence-electron chi connectivity index (χ1n) is 6.26. The number of halogens is 1. The maximum absolute atomic E-state index is 6.07. The molecule has 0 aromatic heterocycles. The molecule has 20 heavy (non-hydrogen) atoms. The van der Waals surface area contributed by atoms with Gasteiger partial charge in [-0.05, 0) is 29.7 Å². The molecule has 0 N–H and O–H groups in total. The summed E-state index contributed by atoms with van der Waals surface area (Å²) in [7, 11) is 0. The number of rotatable bonds is 3. The van der Waals surface area contributed by atoms with Gasteiger partial charge in [0.1, 0.15) is 0 Å². The summed E-state index contributed by atoms with van der Waals surface area (Å²) in [6, 6.07) is 19.5. The van der Waals surface area contributed by atoms with Crippen molar-refractivity contribution in [3.63, 3.8) is 0 Å². The van der Waals surface area contributed by atoms with Crippen molar-refractivity contribution < 1.29 is 0 Å². The third-order valence-electron chi connectivity index (χ3n) is 2.79. The van der Waals surface area contributed by atoms with E-state index in [1.54, 1.807) is 0 Å². The zero-order valence-corrected chi connectivity index (χ0v) is 12.0. The van der Waals surface area contributed by atoms with Crippen LogP contribution in [0.3, 0.4) is 0 Å². The quantitative estimate of drug-likeness (QED) is 0.440. The van der Waals surface area contributed by atoms with Gasteiger partial charge < -0.3 is 0 Å². The Labute approximate surface area is 124 Å². The maximum atomic E-state index is 6.07. The molecule has 0 fully saturated rings. The number of aliphatic imine (C=N–C) groups is 2. The third kappa shape index (κ3) is 3.90. The summed E-state index contributed by atoms with van der Waals surface area (Å²) in [5.41, 5.74) is 3.37. The van der Waals surface area contributed by atoms with E-state index in [4.69, 9.17) is 11.6 Å². The minimum Gasteiger partial charge on any atom is -0.223 e. The van der Waals surface area contributed by atoms with Crippen LogP contribution in [0.5, 0.6) is 0 Å². The summed E-state index contributed by atoms with van der Waals surface area (Å²) in [5.74, 6) is 0. The van der Waals surface area contributed by atoms with E-state index in [2.05, 4.69) is 16.6 Å². The lowest BCUT2D eigenvalue weighted by Gasteiger charge is -2.01. The van der Waals surface area contributed by atoms with Crippen molar-refractivity contribution in [1.82, 2.24) is 0 Å². The van der Waals surface area contributed by atoms with Crippen LogP contribution in [-0.2, 0) is 0 Å². The van der Waals surface area contributed by atoms with Crippen molar-refractivity contribution in [3.05, 3.63) is 78.4 Å². The van der Waals surface area contributed by atoms with Crippen molar-refractivity contribution in [2.75, 3.05) is 0 Å². The minimum absolute atomic E-state index is 0.181. The molecule has 0 saturated carbocycles. The SMILES string of the molecule is C=C(N=C(Cl)N=C(C)c1ccccc1)c1ccccc1. The molecule has 0 unspecified atom stereocenters. The zero-order chi connectivity index (χ0) is 14.4. The van der Waals surface area contributed by atoms with E-state index >= 15 is 0 Å². The predicted molar refractivity (Wildman–Crippen MR) is 87.4 cm³/mol. The van der Waals surface area contributed by atoms with Crippen molar-refractivity contribution in [2.24, 2.45) is 9.98 Å². The molecule has 0 amide bonds. The smallest absolute Gasteiger partial charge is 0.223 e. The Hall–Kier alpha value is -2.19. The van der Waals surface area contributed by atoms with Crippen LogP contribution >= 0.6 is 11.6 Å². The molecule has 2 aromatic rings. The summed E-state index contributed by atoms with van der Waals surface area (Å²) in [6.07, 6.45) is 0. The lowest BCUT2D eigenvalue weighted by molar-refractivity contribution is 1.49. The van der Waals surface area contributed by atoms with E-state index in [9.17, 15) is 0 Å². The van der Waals surface area contributed by atoms with Crippen molar-refractivity contribution >= 4 is 28.3 Å². The van der Waals surface area contributed by atoms with Gasteiger partial charge in [-0.3, -0.25) is 0 Å². The van der Waals surface area contributed by atoms with Crippen LogP contribution in [0.25, 0.3) is 5.70 Å². The molecular formula is C17H15ClN2. The van der Waals surface area contributed by atoms with E-state index in [-0.39, 0.29) is 5.29 Å². The summed E-state index contributed by atoms with van der Waals surface area (Å²) in [6.45, 7) is 5.81. The van der Waals surface area contributed by atoms with E-state index in [0.29, 0.717) is 5.70 Å². The molecule has 0 saturated heterocycles. The number of amidine groups is 1. The molecule has 2 rings (SSSR count). The molecule has 0 spiro atoms. The van der Waals surface area contributed by atoms with Gasteiger partial charge in [-0.1, -0.05) is 67.2 Å². The Balaban J connectivity index is 2.17. The summed E-state index contributed by atoms with van der Waals surface area (Å²) in [4.78, 5) is 8.50. The molecule has 100 valence electrons. The van der Waals surface area contributed by atoms with Gasteiger partial charge in [0.05, 0.1) is 5.70 Å². The van der Waals surface area contributed by atoms with Gasteiger partial charge in [0, 0.05) is 5.71 Å². The van der Waals surface area contributed by atoms with Gasteiger partial charge in [-0.25, -0.2) is 9.98 Å². The fourth-order valence-corrected chi connectivity index (χ4v) is 1.94. The van der Waals surface area contributed by atoms with Gasteiger partial charge >= 0.3 is 0 Å². The second-order valence-corrected chi connectivity index (χ2v) is 4.59.